The van der Waals surface area contributed by atoms with E-state index >= 15 is 0 Å². The maximum Gasteiger partial charge on any atom is 0.326 e. The standard InChI is InChI=1S/C28H32N4O4/c1-6-20-9-7-8-10-23(20)31-27(34)32-16-18(2)36-25-13-21(11-12-24(25)32)22-14-29-26(30-15-22)35-17-28(4,5)19(3)33/h7-15,18H,6,16-17H2,1-5H3,(H,31,34). The molecule has 0 radical (unpaired) electrons. The Kier molecular flexibility index (Phi) is 7.24. The highest BCUT2D eigenvalue weighted by molar-refractivity contribution is 6.03. The van der Waals surface area contributed by atoms with Gasteiger partial charge in [-0.1, -0.05) is 31.2 Å². The van der Waals surface area contributed by atoms with Crippen molar-refractivity contribution in [1.82, 2.24) is 9.97 Å². The first kappa shape index (κ1) is 25.2. The number of amides is 2. The van der Waals surface area contributed by atoms with E-state index in [4.69, 9.17) is 9.47 Å². The van der Waals surface area contributed by atoms with Crippen LogP contribution in [0.1, 0.15) is 40.2 Å². The van der Waals surface area contributed by atoms with Gasteiger partial charge in [-0.3, -0.25) is 9.69 Å². The van der Waals surface area contributed by atoms with E-state index in [1.165, 1.54) is 0 Å². The zero-order valence-electron chi connectivity index (χ0n) is 21.4. The molecule has 3 aromatic rings. The number of carbonyl (C=O) groups is 2. The van der Waals surface area contributed by atoms with Crippen LogP contribution in [0.15, 0.2) is 54.9 Å². The molecule has 0 saturated heterocycles. The van der Waals surface area contributed by atoms with Crippen LogP contribution in [-0.2, 0) is 11.2 Å². The van der Waals surface area contributed by atoms with Crippen molar-refractivity contribution in [1.29, 1.82) is 0 Å². The van der Waals surface area contributed by atoms with Crippen molar-refractivity contribution in [3.63, 3.8) is 0 Å². The summed E-state index contributed by atoms with van der Waals surface area (Å²) in [6.07, 6.45) is 4.00. The number of Topliss-reactive ketones (excluding diaryl/α,β-unsaturated/α-hetero) is 1. The lowest BCUT2D eigenvalue weighted by Gasteiger charge is -2.34. The summed E-state index contributed by atoms with van der Waals surface area (Å²) >= 11 is 0. The summed E-state index contributed by atoms with van der Waals surface area (Å²) in [5.74, 6) is 0.661. The number of ether oxygens (including phenoxy) is 2. The predicted molar refractivity (Wildman–Crippen MR) is 140 cm³/mol. The number of hydrogen-bond acceptors (Lipinski definition) is 6. The third-order valence-corrected chi connectivity index (χ3v) is 6.38. The highest BCUT2D eigenvalue weighted by Crippen LogP contribution is 2.37. The molecule has 0 fully saturated rings. The van der Waals surface area contributed by atoms with Crippen LogP contribution in [0.4, 0.5) is 16.2 Å². The largest absolute Gasteiger partial charge is 0.487 e. The summed E-state index contributed by atoms with van der Waals surface area (Å²) < 4.78 is 11.7. The molecule has 2 heterocycles. The van der Waals surface area contributed by atoms with Crippen LogP contribution in [-0.4, -0.2) is 41.0 Å². The average molecular weight is 489 g/mol. The maximum atomic E-state index is 13.2. The van der Waals surface area contributed by atoms with Crippen molar-refractivity contribution in [2.45, 2.75) is 47.1 Å². The quantitative estimate of drug-likeness (QED) is 0.471. The summed E-state index contributed by atoms with van der Waals surface area (Å²) in [4.78, 5) is 35.2. The summed E-state index contributed by atoms with van der Waals surface area (Å²) in [5, 5.41) is 3.05. The number of anilines is 2. The number of para-hydroxylation sites is 1. The molecular formula is C28H32N4O4. The summed E-state index contributed by atoms with van der Waals surface area (Å²) in [5.41, 5.74) is 3.63. The van der Waals surface area contributed by atoms with Gasteiger partial charge in [-0.05, 0) is 63.4 Å². The first-order valence-corrected chi connectivity index (χ1v) is 12.1. The van der Waals surface area contributed by atoms with Crippen LogP contribution in [0, 0.1) is 5.41 Å². The number of benzene rings is 2. The molecule has 1 N–H and O–H groups in total. The second-order valence-electron chi connectivity index (χ2n) is 9.65. The van der Waals surface area contributed by atoms with Gasteiger partial charge < -0.3 is 14.8 Å². The topological polar surface area (TPSA) is 93.7 Å². The highest BCUT2D eigenvalue weighted by atomic mass is 16.5. The molecule has 8 heteroatoms. The number of nitrogens with zero attached hydrogens (tertiary/aromatic N) is 3. The zero-order chi connectivity index (χ0) is 25.9. The Morgan fingerprint density at radius 2 is 1.86 bits per heavy atom. The highest BCUT2D eigenvalue weighted by Gasteiger charge is 2.29. The number of aryl methyl sites for hydroxylation is 1. The number of hydrogen-bond donors (Lipinski definition) is 1. The van der Waals surface area contributed by atoms with Crippen molar-refractivity contribution < 1.29 is 19.1 Å². The van der Waals surface area contributed by atoms with Crippen molar-refractivity contribution in [3.8, 4) is 22.9 Å². The number of carbonyl (C=O) groups excluding carboxylic acids is 2. The first-order valence-electron chi connectivity index (χ1n) is 12.1. The minimum atomic E-state index is -0.606. The Labute approximate surface area is 211 Å². The van der Waals surface area contributed by atoms with Gasteiger partial charge >= 0.3 is 12.0 Å². The van der Waals surface area contributed by atoms with E-state index in [1.807, 2.05) is 63.2 Å². The molecule has 0 saturated carbocycles. The first-order chi connectivity index (χ1) is 17.2. The van der Waals surface area contributed by atoms with Gasteiger partial charge in [0.25, 0.3) is 0 Å². The van der Waals surface area contributed by atoms with Gasteiger partial charge in [0.15, 0.2) is 0 Å². The Balaban J connectivity index is 1.52. The number of ketones is 1. The molecule has 188 valence electrons. The fraction of sp³-hybridized carbons (Fsp3) is 0.357. The molecule has 0 bridgehead atoms. The molecule has 0 spiro atoms. The number of urea groups is 1. The molecule has 1 aliphatic rings. The van der Waals surface area contributed by atoms with E-state index in [2.05, 4.69) is 22.2 Å². The van der Waals surface area contributed by atoms with E-state index in [0.717, 1.165) is 28.8 Å². The third kappa shape index (κ3) is 5.48. The Morgan fingerprint density at radius 3 is 2.56 bits per heavy atom. The van der Waals surface area contributed by atoms with Crippen LogP contribution in [0.5, 0.6) is 11.8 Å². The van der Waals surface area contributed by atoms with Gasteiger partial charge in [-0.2, -0.15) is 0 Å². The molecule has 4 rings (SSSR count). The second kappa shape index (κ2) is 10.4. The number of nitrogens with one attached hydrogen (secondary N) is 1. The molecular weight excluding hydrogens is 456 g/mol. The molecule has 1 unspecified atom stereocenters. The fourth-order valence-corrected chi connectivity index (χ4v) is 3.83. The number of aromatic nitrogens is 2. The van der Waals surface area contributed by atoms with Gasteiger partial charge in [0.05, 0.1) is 17.6 Å². The monoisotopic (exact) mass is 488 g/mol. The minimum absolute atomic E-state index is 0.0414. The van der Waals surface area contributed by atoms with Crippen LogP contribution in [0.2, 0.25) is 0 Å². The number of fused-ring (bicyclic) bond motifs is 1. The SMILES string of the molecule is CCc1ccccc1NC(=O)N1CC(C)Oc2cc(-c3cnc(OCC(C)(C)C(C)=O)nc3)ccc21. The molecule has 0 aliphatic carbocycles. The molecule has 2 amide bonds. The van der Waals surface area contributed by atoms with Crippen molar-refractivity contribution in [2.24, 2.45) is 5.41 Å². The van der Waals surface area contributed by atoms with E-state index in [0.29, 0.717) is 18.0 Å². The van der Waals surface area contributed by atoms with Crippen LogP contribution >= 0.6 is 0 Å². The Hall–Kier alpha value is -3.94. The van der Waals surface area contributed by atoms with Crippen LogP contribution in [0.3, 0.4) is 0 Å². The smallest absolute Gasteiger partial charge is 0.326 e. The maximum absolute atomic E-state index is 13.2. The lowest BCUT2D eigenvalue weighted by atomic mass is 9.90. The van der Waals surface area contributed by atoms with Gasteiger partial charge in [0, 0.05) is 23.6 Å². The van der Waals surface area contributed by atoms with Gasteiger partial charge in [0.2, 0.25) is 0 Å². The molecule has 2 aromatic carbocycles. The Morgan fingerprint density at radius 1 is 1.14 bits per heavy atom. The zero-order valence-corrected chi connectivity index (χ0v) is 21.4. The lowest BCUT2D eigenvalue weighted by molar-refractivity contribution is -0.126. The second-order valence-corrected chi connectivity index (χ2v) is 9.65. The number of rotatable bonds is 7. The van der Waals surface area contributed by atoms with Crippen molar-refractivity contribution in [2.75, 3.05) is 23.4 Å². The Bertz CT molecular complexity index is 1260. The van der Waals surface area contributed by atoms with Gasteiger partial charge in [0.1, 0.15) is 24.2 Å². The van der Waals surface area contributed by atoms with Gasteiger partial charge in [-0.25, -0.2) is 14.8 Å². The molecule has 1 aliphatic heterocycles. The van der Waals surface area contributed by atoms with Crippen molar-refractivity contribution >= 4 is 23.2 Å². The average Bonchev–Trinajstić information content (AvgIpc) is 2.87. The van der Waals surface area contributed by atoms with Crippen molar-refractivity contribution in [3.05, 3.63) is 60.4 Å². The van der Waals surface area contributed by atoms with E-state index < -0.39 is 5.41 Å². The predicted octanol–water partition coefficient (Wildman–Crippen LogP) is 5.52. The summed E-state index contributed by atoms with van der Waals surface area (Å²) in [6.45, 7) is 9.84. The normalized spacial score (nSPS) is 15.0. The molecule has 1 atom stereocenters. The third-order valence-electron chi connectivity index (χ3n) is 6.38. The van der Waals surface area contributed by atoms with Gasteiger partial charge in [-0.15, -0.1) is 0 Å². The molecule has 36 heavy (non-hydrogen) atoms. The lowest BCUT2D eigenvalue weighted by Crippen LogP contribution is -2.44. The van der Waals surface area contributed by atoms with E-state index in [1.54, 1.807) is 24.2 Å². The molecule has 1 aromatic heterocycles. The molecule has 8 nitrogen and oxygen atoms in total. The summed E-state index contributed by atoms with van der Waals surface area (Å²) in [6, 6.07) is 13.5. The van der Waals surface area contributed by atoms with E-state index in [9.17, 15) is 9.59 Å². The summed E-state index contributed by atoms with van der Waals surface area (Å²) in [7, 11) is 0. The van der Waals surface area contributed by atoms with Crippen LogP contribution in [0.25, 0.3) is 11.1 Å². The fourth-order valence-electron chi connectivity index (χ4n) is 3.83. The van der Waals surface area contributed by atoms with Crippen LogP contribution < -0.4 is 19.7 Å². The van der Waals surface area contributed by atoms with E-state index in [-0.39, 0.29) is 30.5 Å². The minimum Gasteiger partial charge on any atom is -0.487 e.